The van der Waals surface area contributed by atoms with Gasteiger partial charge in [-0.15, -0.1) is 11.8 Å². The molecule has 3 unspecified atom stereocenters. The van der Waals surface area contributed by atoms with Gasteiger partial charge in [0.1, 0.15) is 0 Å². The summed E-state index contributed by atoms with van der Waals surface area (Å²) in [4.78, 5) is 1.30. The maximum absolute atomic E-state index is 11.3. The predicted octanol–water partition coefficient (Wildman–Crippen LogP) is 8.62. The van der Waals surface area contributed by atoms with Crippen molar-refractivity contribution in [3.05, 3.63) is 65.2 Å². The van der Waals surface area contributed by atoms with Crippen molar-refractivity contribution in [1.82, 2.24) is 0 Å². The van der Waals surface area contributed by atoms with Gasteiger partial charge in [0.25, 0.3) is 0 Å². The Morgan fingerprint density at radius 1 is 0.825 bits per heavy atom. The molecule has 1 aliphatic heterocycles. The van der Waals surface area contributed by atoms with Gasteiger partial charge in [-0.1, -0.05) is 68.3 Å². The molecular formula is C36H46O3S. The van der Waals surface area contributed by atoms with Gasteiger partial charge in [0, 0.05) is 29.1 Å². The Bertz CT molecular complexity index is 1270. The Hall–Kier alpha value is -1.59. The molecule has 3 nitrogen and oxygen atoms in total. The maximum Gasteiger partial charge on any atom is 0.169 e. The number of rotatable bonds is 3. The lowest BCUT2D eigenvalue weighted by Gasteiger charge is -2.55. The van der Waals surface area contributed by atoms with Crippen molar-refractivity contribution in [2.75, 3.05) is 19.5 Å². The van der Waals surface area contributed by atoms with E-state index in [1.54, 1.807) is 22.9 Å². The molecule has 0 amide bonds. The molecule has 40 heavy (non-hydrogen) atoms. The zero-order valence-corrected chi connectivity index (χ0v) is 25.6. The predicted molar refractivity (Wildman–Crippen MR) is 163 cm³/mol. The van der Waals surface area contributed by atoms with Crippen molar-refractivity contribution in [2.24, 2.45) is 28.6 Å². The molecule has 0 bridgehead atoms. The minimum absolute atomic E-state index is 0.00954. The number of ether oxygens (including phenoxy) is 2. The monoisotopic (exact) mass is 558 g/mol. The molecule has 4 heteroatoms. The third-order valence-electron chi connectivity index (χ3n) is 11.5. The molecule has 7 rings (SSSR count). The van der Waals surface area contributed by atoms with Crippen LogP contribution in [0.1, 0.15) is 83.6 Å². The molecule has 6 atom stereocenters. The number of hydrogen-bond donors (Lipinski definition) is 1. The highest BCUT2D eigenvalue weighted by molar-refractivity contribution is 7.98. The summed E-state index contributed by atoms with van der Waals surface area (Å²) >= 11 is 1.79. The van der Waals surface area contributed by atoms with Gasteiger partial charge in [0.15, 0.2) is 5.79 Å². The van der Waals surface area contributed by atoms with E-state index in [1.165, 1.54) is 40.8 Å². The highest BCUT2D eigenvalue weighted by Crippen LogP contribution is 2.65. The number of benzene rings is 2. The van der Waals surface area contributed by atoms with Gasteiger partial charge in [-0.2, -0.15) is 0 Å². The van der Waals surface area contributed by atoms with Crippen LogP contribution in [0.2, 0.25) is 0 Å². The van der Waals surface area contributed by atoms with Crippen molar-refractivity contribution in [3.8, 4) is 11.1 Å². The lowest BCUT2D eigenvalue weighted by Crippen LogP contribution is -2.52. The van der Waals surface area contributed by atoms with Crippen LogP contribution in [0.25, 0.3) is 11.1 Å². The molecule has 4 fully saturated rings. The number of aliphatic hydroxyl groups excluding tert-OH is 1. The van der Waals surface area contributed by atoms with Gasteiger partial charge >= 0.3 is 0 Å². The fourth-order valence-corrected chi connectivity index (χ4v) is 9.60. The Kier molecular flexibility index (Phi) is 6.82. The van der Waals surface area contributed by atoms with E-state index >= 15 is 0 Å². The summed E-state index contributed by atoms with van der Waals surface area (Å²) in [6.45, 7) is 8.47. The molecule has 0 radical (unpaired) electrons. The SMILES string of the molecule is CSc1ccc(-c2ccc([C@H]3C[C@@]4(C)C(CC[C@@H]4O)C4CCC5CC6(CCC5=C43)OCC(C)(C)CO6)cc2)cc1. The summed E-state index contributed by atoms with van der Waals surface area (Å²) in [5, 5.41) is 11.3. The van der Waals surface area contributed by atoms with Crippen LogP contribution in [0.3, 0.4) is 0 Å². The number of aliphatic hydroxyl groups is 1. The number of thioether (sulfide) groups is 1. The van der Waals surface area contributed by atoms with Crippen molar-refractivity contribution in [2.45, 2.75) is 94.8 Å². The molecular weight excluding hydrogens is 512 g/mol. The minimum Gasteiger partial charge on any atom is -0.393 e. The topological polar surface area (TPSA) is 38.7 Å². The fraction of sp³-hybridized carbons (Fsp3) is 0.611. The van der Waals surface area contributed by atoms with Gasteiger partial charge in [0.2, 0.25) is 0 Å². The summed E-state index contributed by atoms with van der Waals surface area (Å²) in [6.07, 6.45) is 10.7. The lowest BCUT2D eigenvalue weighted by atomic mass is 9.52. The quantitative estimate of drug-likeness (QED) is 0.302. The van der Waals surface area contributed by atoms with Gasteiger partial charge in [0.05, 0.1) is 19.3 Å². The number of allylic oxidation sites excluding steroid dienone is 2. The first-order chi connectivity index (χ1) is 19.2. The third-order valence-corrected chi connectivity index (χ3v) is 12.2. The van der Waals surface area contributed by atoms with Gasteiger partial charge in [-0.3, -0.25) is 0 Å². The molecule has 3 saturated carbocycles. The Labute approximate surface area is 245 Å². The van der Waals surface area contributed by atoms with Crippen LogP contribution in [-0.2, 0) is 9.47 Å². The first kappa shape index (κ1) is 27.3. The largest absolute Gasteiger partial charge is 0.393 e. The first-order valence-corrected chi connectivity index (χ1v) is 16.9. The summed E-state index contributed by atoms with van der Waals surface area (Å²) in [5.41, 5.74) is 7.57. The zero-order valence-electron chi connectivity index (χ0n) is 24.7. The van der Waals surface area contributed by atoms with E-state index in [1.807, 2.05) is 0 Å². The lowest BCUT2D eigenvalue weighted by molar-refractivity contribution is -0.312. The van der Waals surface area contributed by atoms with E-state index in [2.05, 4.69) is 75.6 Å². The maximum atomic E-state index is 11.3. The van der Waals surface area contributed by atoms with Crippen LogP contribution in [0, 0.1) is 28.6 Å². The van der Waals surface area contributed by atoms with E-state index in [0.717, 1.165) is 45.3 Å². The van der Waals surface area contributed by atoms with Gasteiger partial charge in [-0.05, 0) is 96.8 Å². The third kappa shape index (κ3) is 4.53. The van der Waals surface area contributed by atoms with Crippen LogP contribution >= 0.6 is 11.8 Å². The summed E-state index contributed by atoms with van der Waals surface area (Å²) in [7, 11) is 0. The molecule has 1 saturated heterocycles. The van der Waals surface area contributed by atoms with Crippen LogP contribution in [0.15, 0.2) is 64.6 Å². The highest BCUT2D eigenvalue weighted by Gasteiger charge is 2.57. The summed E-state index contributed by atoms with van der Waals surface area (Å²) in [6, 6.07) is 18.3. The Balaban J connectivity index is 1.23. The van der Waals surface area contributed by atoms with Crippen molar-refractivity contribution in [1.29, 1.82) is 0 Å². The van der Waals surface area contributed by atoms with Crippen molar-refractivity contribution >= 4 is 11.8 Å². The van der Waals surface area contributed by atoms with Crippen molar-refractivity contribution < 1.29 is 14.6 Å². The molecule has 1 spiro atoms. The van der Waals surface area contributed by atoms with E-state index in [4.69, 9.17) is 9.47 Å². The molecule has 5 aliphatic rings. The van der Waals surface area contributed by atoms with Crippen molar-refractivity contribution in [3.63, 3.8) is 0 Å². The van der Waals surface area contributed by atoms with Crippen LogP contribution < -0.4 is 0 Å². The molecule has 0 aromatic heterocycles. The molecule has 1 N–H and O–H groups in total. The fourth-order valence-electron chi connectivity index (χ4n) is 9.19. The average molecular weight is 559 g/mol. The van der Waals surface area contributed by atoms with E-state index in [-0.39, 0.29) is 22.7 Å². The minimum atomic E-state index is -0.382. The highest BCUT2D eigenvalue weighted by atomic mass is 32.2. The summed E-state index contributed by atoms with van der Waals surface area (Å²) < 4.78 is 13.0. The Morgan fingerprint density at radius 3 is 2.17 bits per heavy atom. The van der Waals surface area contributed by atoms with Gasteiger partial charge in [-0.25, -0.2) is 0 Å². The second-order valence-electron chi connectivity index (χ2n) is 14.5. The molecule has 2 aromatic carbocycles. The normalized spacial score (nSPS) is 36.2. The Morgan fingerprint density at radius 2 is 1.50 bits per heavy atom. The molecule has 214 valence electrons. The number of fused-ring (bicyclic) bond motifs is 4. The van der Waals surface area contributed by atoms with E-state index in [9.17, 15) is 5.11 Å². The first-order valence-electron chi connectivity index (χ1n) is 15.6. The van der Waals surface area contributed by atoms with E-state index < -0.39 is 0 Å². The van der Waals surface area contributed by atoms with Crippen LogP contribution in [-0.4, -0.2) is 36.5 Å². The average Bonchev–Trinajstić information content (AvgIpc) is 3.28. The molecule has 1 heterocycles. The second-order valence-corrected chi connectivity index (χ2v) is 15.4. The van der Waals surface area contributed by atoms with E-state index in [0.29, 0.717) is 23.7 Å². The standard InChI is InChI=1S/C36H46O3S/c1-34(2)21-38-36(39-22-34)18-17-28-26(19-36)11-14-29-31-15-16-32(37)35(31,3)20-30(33(28)29)25-7-5-23(6-8-25)24-9-12-27(40-4)13-10-24/h5-10,12-13,26,29-32,37H,11,14-22H2,1-4H3/t26?,29?,30-,31?,32+,35+/m1/s1. The smallest absolute Gasteiger partial charge is 0.169 e. The van der Waals surface area contributed by atoms with Gasteiger partial charge < -0.3 is 14.6 Å². The van der Waals surface area contributed by atoms with Crippen LogP contribution in [0.5, 0.6) is 0 Å². The molecule has 2 aromatic rings. The molecule has 4 aliphatic carbocycles. The van der Waals surface area contributed by atoms with Crippen LogP contribution in [0.4, 0.5) is 0 Å². The zero-order chi connectivity index (χ0) is 27.7. The number of hydrogen-bond acceptors (Lipinski definition) is 4. The summed E-state index contributed by atoms with van der Waals surface area (Å²) in [5.74, 6) is 1.79. The second kappa shape index (κ2) is 10.0.